The maximum Gasteiger partial charge on any atom is 0.332 e. The number of ketones is 1. The van der Waals surface area contributed by atoms with Gasteiger partial charge in [-0.25, -0.2) is 4.79 Å². The number of aliphatic hydroxyl groups excluding tert-OH is 1. The molecular weight excluding hydrogens is 356 g/mol. The molecular formula is C23H38O5. The standard InChI is InChI=1S/C23H38O5/c1-7-21(4)12-17(28-18(25)13-24)22(5)14(2)8-10-23(15(3)20(21)26)11-9-16(27-6)19(22)23/h14-17,19,24H,7-13H2,1-6H3/t14-,15+,16-,17-,19-,21-,22+,23+/m1/s1. The third kappa shape index (κ3) is 2.87. The van der Waals surface area contributed by atoms with Gasteiger partial charge in [-0.1, -0.05) is 34.6 Å². The zero-order valence-corrected chi connectivity index (χ0v) is 18.4. The van der Waals surface area contributed by atoms with Crippen LogP contribution in [0.4, 0.5) is 0 Å². The van der Waals surface area contributed by atoms with Crippen molar-refractivity contribution < 1.29 is 24.2 Å². The molecule has 0 heterocycles. The van der Waals surface area contributed by atoms with Gasteiger partial charge in [-0.3, -0.25) is 4.79 Å². The van der Waals surface area contributed by atoms with Crippen LogP contribution in [0.1, 0.15) is 73.1 Å². The fourth-order valence-corrected chi connectivity index (χ4v) is 7.18. The van der Waals surface area contributed by atoms with Gasteiger partial charge in [-0.05, 0) is 49.9 Å². The van der Waals surface area contributed by atoms with Crippen molar-refractivity contribution in [3.8, 4) is 0 Å². The van der Waals surface area contributed by atoms with Gasteiger partial charge in [-0.2, -0.15) is 0 Å². The number of methoxy groups -OCH3 is 1. The Morgan fingerprint density at radius 3 is 2.43 bits per heavy atom. The van der Waals surface area contributed by atoms with E-state index in [2.05, 4.69) is 27.7 Å². The smallest absolute Gasteiger partial charge is 0.332 e. The summed E-state index contributed by atoms with van der Waals surface area (Å²) < 4.78 is 11.9. The van der Waals surface area contributed by atoms with E-state index in [0.717, 1.165) is 32.1 Å². The predicted molar refractivity (Wildman–Crippen MR) is 107 cm³/mol. The van der Waals surface area contributed by atoms with Gasteiger partial charge >= 0.3 is 5.97 Å². The van der Waals surface area contributed by atoms with Crippen molar-refractivity contribution in [1.29, 1.82) is 0 Å². The summed E-state index contributed by atoms with van der Waals surface area (Å²) in [4.78, 5) is 25.9. The second-order valence-electron chi connectivity index (χ2n) is 10.2. The second-order valence-corrected chi connectivity index (χ2v) is 10.2. The summed E-state index contributed by atoms with van der Waals surface area (Å²) in [7, 11) is 1.77. The molecule has 8 atom stereocenters. The quantitative estimate of drug-likeness (QED) is 0.735. The maximum absolute atomic E-state index is 13.7. The van der Waals surface area contributed by atoms with E-state index in [4.69, 9.17) is 9.47 Å². The van der Waals surface area contributed by atoms with Crippen molar-refractivity contribution in [3.05, 3.63) is 0 Å². The number of aliphatic hydroxyl groups is 1. The molecule has 0 aromatic carbocycles. The van der Waals surface area contributed by atoms with Crippen LogP contribution in [0.2, 0.25) is 0 Å². The van der Waals surface area contributed by atoms with Crippen LogP contribution in [0.25, 0.3) is 0 Å². The Balaban J connectivity index is 2.21. The fourth-order valence-electron chi connectivity index (χ4n) is 7.18. The Labute approximate surface area is 169 Å². The van der Waals surface area contributed by atoms with Gasteiger partial charge in [0.25, 0.3) is 0 Å². The molecule has 3 aliphatic carbocycles. The second kappa shape index (κ2) is 7.39. The highest BCUT2D eigenvalue weighted by Crippen LogP contribution is 2.68. The highest BCUT2D eigenvalue weighted by molar-refractivity contribution is 5.87. The van der Waals surface area contributed by atoms with Gasteiger partial charge < -0.3 is 14.6 Å². The first-order valence-electron chi connectivity index (χ1n) is 11.0. The van der Waals surface area contributed by atoms with E-state index in [1.54, 1.807) is 7.11 Å². The SMILES string of the molecule is CC[C@]1(C)C[C@@H](OC(=O)CO)[C@]2(C)[C@H](C)CC[C@]3(CC[C@@H](OC)[C@@H]32)[C@@H](C)C1=O. The Morgan fingerprint density at radius 2 is 1.86 bits per heavy atom. The lowest BCUT2D eigenvalue weighted by Gasteiger charge is -2.61. The topological polar surface area (TPSA) is 72.8 Å². The predicted octanol–water partition coefficient (Wildman–Crippen LogP) is 3.76. The Bertz CT molecular complexity index is 632. The van der Waals surface area contributed by atoms with Crippen LogP contribution in [-0.4, -0.2) is 42.8 Å². The van der Waals surface area contributed by atoms with E-state index in [1.807, 2.05) is 6.92 Å². The van der Waals surface area contributed by atoms with Crippen molar-refractivity contribution in [1.82, 2.24) is 0 Å². The van der Waals surface area contributed by atoms with Crippen LogP contribution < -0.4 is 0 Å². The van der Waals surface area contributed by atoms with Gasteiger partial charge in [0, 0.05) is 29.8 Å². The molecule has 0 saturated heterocycles. The number of esters is 1. The Morgan fingerprint density at radius 1 is 1.21 bits per heavy atom. The zero-order valence-electron chi connectivity index (χ0n) is 18.4. The summed E-state index contributed by atoms with van der Waals surface area (Å²) in [5.74, 6) is 0.202. The first-order chi connectivity index (χ1) is 13.1. The number of Topliss-reactive ketones (excluding diaryl/α,β-unsaturated/α-hetero) is 1. The first kappa shape index (κ1) is 21.8. The first-order valence-corrected chi connectivity index (χ1v) is 11.0. The monoisotopic (exact) mass is 394 g/mol. The molecule has 0 amide bonds. The van der Waals surface area contributed by atoms with Crippen LogP contribution in [0, 0.1) is 34.0 Å². The van der Waals surface area contributed by atoms with Gasteiger partial charge in [0.2, 0.25) is 0 Å². The minimum Gasteiger partial charge on any atom is -0.460 e. The lowest BCUT2D eigenvalue weighted by atomic mass is 9.44. The maximum atomic E-state index is 13.7. The highest BCUT2D eigenvalue weighted by atomic mass is 16.6. The third-order valence-corrected chi connectivity index (χ3v) is 9.33. The van der Waals surface area contributed by atoms with Crippen LogP contribution >= 0.6 is 0 Å². The van der Waals surface area contributed by atoms with E-state index in [-0.39, 0.29) is 28.8 Å². The van der Waals surface area contributed by atoms with E-state index in [1.165, 1.54) is 0 Å². The van der Waals surface area contributed by atoms with Crippen LogP contribution in [-0.2, 0) is 19.1 Å². The van der Waals surface area contributed by atoms with Crippen molar-refractivity contribution >= 4 is 11.8 Å². The number of carbonyl (C=O) groups excluding carboxylic acids is 2. The molecule has 2 bridgehead atoms. The fraction of sp³-hybridized carbons (Fsp3) is 0.913. The molecule has 0 aromatic rings. The lowest BCUT2D eigenvalue weighted by molar-refractivity contribution is -0.208. The molecule has 0 aliphatic heterocycles. The number of ether oxygens (including phenoxy) is 2. The summed E-state index contributed by atoms with van der Waals surface area (Å²) in [6, 6.07) is 0. The average molecular weight is 395 g/mol. The molecule has 3 rings (SSSR count). The average Bonchev–Trinajstić information content (AvgIpc) is 3.09. The van der Waals surface area contributed by atoms with E-state index in [0.29, 0.717) is 18.1 Å². The summed E-state index contributed by atoms with van der Waals surface area (Å²) in [6.07, 6.45) is 4.91. The third-order valence-electron chi connectivity index (χ3n) is 9.33. The van der Waals surface area contributed by atoms with Gasteiger partial charge in [0.15, 0.2) is 0 Å². The molecule has 160 valence electrons. The van der Waals surface area contributed by atoms with E-state index < -0.39 is 24.1 Å². The van der Waals surface area contributed by atoms with Crippen molar-refractivity contribution in [2.75, 3.05) is 13.7 Å². The molecule has 0 spiro atoms. The van der Waals surface area contributed by atoms with Gasteiger partial charge in [0.1, 0.15) is 18.5 Å². The summed E-state index contributed by atoms with van der Waals surface area (Å²) >= 11 is 0. The highest BCUT2D eigenvalue weighted by Gasteiger charge is 2.68. The summed E-state index contributed by atoms with van der Waals surface area (Å²) in [5.41, 5.74) is -0.910. The molecule has 3 fully saturated rings. The van der Waals surface area contributed by atoms with E-state index >= 15 is 0 Å². The van der Waals surface area contributed by atoms with Crippen LogP contribution in [0.5, 0.6) is 0 Å². The normalized spacial score (nSPS) is 48.5. The molecule has 28 heavy (non-hydrogen) atoms. The van der Waals surface area contributed by atoms with Gasteiger partial charge in [0.05, 0.1) is 6.10 Å². The molecule has 5 heteroatoms. The largest absolute Gasteiger partial charge is 0.460 e. The summed E-state index contributed by atoms with van der Waals surface area (Å²) in [5, 5.41) is 9.37. The molecule has 0 aromatic heterocycles. The van der Waals surface area contributed by atoms with E-state index in [9.17, 15) is 14.7 Å². The van der Waals surface area contributed by atoms with Crippen molar-refractivity contribution in [3.63, 3.8) is 0 Å². The molecule has 0 unspecified atom stereocenters. The van der Waals surface area contributed by atoms with Crippen molar-refractivity contribution in [2.24, 2.45) is 34.0 Å². The minimum absolute atomic E-state index is 0.0241. The zero-order chi connectivity index (χ0) is 20.9. The van der Waals surface area contributed by atoms with Crippen LogP contribution in [0.15, 0.2) is 0 Å². The Hall–Kier alpha value is -0.940. The number of hydrogen-bond donors (Lipinski definition) is 1. The van der Waals surface area contributed by atoms with Crippen molar-refractivity contribution in [2.45, 2.75) is 85.4 Å². The molecule has 3 saturated carbocycles. The van der Waals surface area contributed by atoms with Gasteiger partial charge in [-0.15, -0.1) is 0 Å². The lowest BCUT2D eigenvalue weighted by Crippen LogP contribution is -2.63. The summed E-state index contributed by atoms with van der Waals surface area (Å²) in [6.45, 7) is 10.1. The molecule has 5 nitrogen and oxygen atoms in total. The molecule has 3 aliphatic rings. The number of carbonyl (C=O) groups is 2. The Kier molecular flexibility index (Phi) is 5.74. The number of hydrogen-bond acceptors (Lipinski definition) is 5. The van der Waals surface area contributed by atoms with Crippen LogP contribution in [0.3, 0.4) is 0 Å². The minimum atomic E-state index is -0.627. The molecule has 0 radical (unpaired) electrons. The molecule has 1 N–H and O–H groups in total. The number of rotatable bonds is 4.